The van der Waals surface area contributed by atoms with Gasteiger partial charge in [-0.3, -0.25) is 0 Å². The Hall–Kier alpha value is -1.09. The van der Waals surface area contributed by atoms with Crippen molar-refractivity contribution in [3.8, 4) is 0 Å². The number of aromatic nitrogens is 1. The second-order valence-corrected chi connectivity index (χ2v) is 3.19. The molecule has 0 radical (unpaired) electrons. The summed E-state index contributed by atoms with van der Waals surface area (Å²) < 4.78 is 12.5. The molecular formula is C10H10FNS. The number of nitrogens with zero attached hydrogens (tertiary/aromatic N) is 1. The van der Waals surface area contributed by atoms with Crippen molar-refractivity contribution in [3.05, 3.63) is 48.6 Å². The van der Waals surface area contributed by atoms with Gasteiger partial charge in [0.1, 0.15) is 0 Å². The van der Waals surface area contributed by atoms with Crippen LogP contribution in [0.1, 0.15) is 5.56 Å². The van der Waals surface area contributed by atoms with E-state index in [0.717, 1.165) is 10.5 Å². The lowest BCUT2D eigenvalue weighted by Crippen LogP contribution is -1.84. The average Bonchev–Trinajstić information content (AvgIpc) is 2.16. The Labute approximate surface area is 81.4 Å². The predicted octanol–water partition coefficient (Wildman–Crippen LogP) is 3.11. The summed E-state index contributed by atoms with van der Waals surface area (Å²) in [5, 5.41) is 0. The van der Waals surface area contributed by atoms with Gasteiger partial charge < -0.3 is 0 Å². The highest BCUT2D eigenvalue weighted by Crippen LogP contribution is 2.24. The number of allylic oxidation sites excluding steroid dienone is 2. The van der Waals surface area contributed by atoms with Crippen molar-refractivity contribution < 1.29 is 4.39 Å². The van der Waals surface area contributed by atoms with Gasteiger partial charge in [0.15, 0.2) is 0 Å². The number of rotatable bonds is 3. The van der Waals surface area contributed by atoms with Gasteiger partial charge in [0.05, 0.1) is 0 Å². The molecular weight excluding hydrogens is 185 g/mol. The fourth-order valence-electron chi connectivity index (χ4n) is 0.911. The molecule has 0 spiro atoms. The van der Waals surface area contributed by atoms with Crippen molar-refractivity contribution in [1.29, 1.82) is 0 Å². The summed E-state index contributed by atoms with van der Waals surface area (Å²) in [6.07, 6.45) is 7.05. The Balaban J connectivity index is 2.99. The zero-order chi connectivity index (χ0) is 9.68. The van der Waals surface area contributed by atoms with E-state index in [9.17, 15) is 4.39 Å². The van der Waals surface area contributed by atoms with Crippen LogP contribution in [0.2, 0.25) is 0 Å². The second kappa shape index (κ2) is 4.82. The molecule has 0 aliphatic carbocycles. The highest BCUT2D eigenvalue weighted by Gasteiger charge is 1.99. The van der Waals surface area contributed by atoms with Crippen molar-refractivity contribution in [2.75, 3.05) is 6.26 Å². The maximum Gasteiger partial charge on any atom is 0.212 e. The van der Waals surface area contributed by atoms with Crippen LogP contribution >= 0.6 is 11.8 Å². The molecule has 1 nitrogen and oxygen atoms in total. The Kier molecular flexibility index (Phi) is 3.71. The van der Waals surface area contributed by atoms with Crippen LogP contribution in [0, 0.1) is 5.95 Å². The van der Waals surface area contributed by atoms with Crippen LogP contribution in [-0.2, 0) is 0 Å². The summed E-state index contributed by atoms with van der Waals surface area (Å²) in [5.74, 6) is -0.456. The first-order valence-electron chi connectivity index (χ1n) is 3.76. The zero-order valence-corrected chi connectivity index (χ0v) is 8.14. The minimum Gasteiger partial charge on any atom is -0.228 e. The van der Waals surface area contributed by atoms with Crippen LogP contribution in [0.25, 0.3) is 4.91 Å². The molecule has 0 N–H and O–H groups in total. The highest BCUT2D eigenvalue weighted by molar-refractivity contribution is 8.07. The first-order chi connectivity index (χ1) is 6.27. The van der Waals surface area contributed by atoms with E-state index in [-0.39, 0.29) is 0 Å². The Morgan fingerprint density at radius 2 is 2.38 bits per heavy atom. The van der Waals surface area contributed by atoms with Gasteiger partial charge in [-0.2, -0.15) is 4.39 Å². The third-order valence-corrected chi connectivity index (χ3v) is 2.31. The summed E-state index contributed by atoms with van der Waals surface area (Å²) in [6, 6.07) is 3.05. The molecule has 0 aliphatic rings. The number of halogens is 1. The summed E-state index contributed by atoms with van der Waals surface area (Å²) in [5.41, 5.74) is 0.911. The van der Waals surface area contributed by atoms with Crippen molar-refractivity contribution in [3.63, 3.8) is 0 Å². The normalized spacial score (nSPS) is 11.4. The van der Waals surface area contributed by atoms with Gasteiger partial charge in [-0.05, 0) is 24.5 Å². The topological polar surface area (TPSA) is 12.9 Å². The minimum atomic E-state index is -0.456. The third-order valence-electron chi connectivity index (χ3n) is 1.50. The molecule has 1 aromatic rings. The number of hydrogen-bond donors (Lipinski definition) is 0. The van der Waals surface area contributed by atoms with Crippen LogP contribution in [0.4, 0.5) is 4.39 Å². The van der Waals surface area contributed by atoms with Gasteiger partial charge in [0, 0.05) is 16.7 Å². The van der Waals surface area contributed by atoms with Crippen molar-refractivity contribution >= 4 is 16.7 Å². The quantitative estimate of drug-likeness (QED) is 0.543. The first kappa shape index (κ1) is 9.99. The summed E-state index contributed by atoms with van der Waals surface area (Å²) in [4.78, 5) is 4.61. The van der Waals surface area contributed by atoms with Crippen LogP contribution < -0.4 is 0 Å². The molecule has 0 aromatic carbocycles. The van der Waals surface area contributed by atoms with Gasteiger partial charge in [-0.1, -0.05) is 12.7 Å². The lowest BCUT2D eigenvalue weighted by Gasteiger charge is -2.01. The van der Waals surface area contributed by atoms with E-state index in [1.807, 2.05) is 12.3 Å². The van der Waals surface area contributed by atoms with E-state index in [2.05, 4.69) is 11.6 Å². The first-order valence-corrected chi connectivity index (χ1v) is 4.99. The van der Waals surface area contributed by atoms with E-state index in [1.54, 1.807) is 23.9 Å². The monoisotopic (exact) mass is 195 g/mol. The van der Waals surface area contributed by atoms with Crippen LogP contribution in [0.3, 0.4) is 0 Å². The van der Waals surface area contributed by atoms with Crippen molar-refractivity contribution in [2.45, 2.75) is 0 Å². The van der Waals surface area contributed by atoms with E-state index in [0.29, 0.717) is 0 Å². The molecule has 3 heteroatoms. The molecule has 0 saturated heterocycles. The summed E-state index contributed by atoms with van der Waals surface area (Å²) in [7, 11) is 0. The molecule has 0 saturated carbocycles. The molecule has 0 atom stereocenters. The van der Waals surface area contributed by atoms with E-state index < -0.39 is 5.95 Å². The molecule has 68 valence electrons. The van der Waals surface area contributed by atoms with Gasteiger partial charge in [-0.25, -0.2) is 4.98 Å². The van der Waals surface area contributed by atoms with Gasteiger partial charge in [0.2, 0.25) is 5.95 Å². The lowest BCUT2D eigenvalue weighted by molar-refractivity contribution is 0.583. The highest BCUT2D eigenvalue weighted by atomic mass is 32.2. The third kappa shape index (κ3) is 2.70. The van der Waals surface area contributed by atoms with Crippen LogP contribution in [0.15, 0.2) is 37.1 Å². The molecule has 1 aromatic heterocycles. The van der Waals surface area contributed by atoms with Gasteiger partial charge >= 0.3 is 0 Å². The predicted molar refractivity (Wildman–Crippen MR) is 55.9 cm³/mol. The van der Waals surface area contributed by atoms with Crippen molar-refractivity contribution in [1.82, 2.24) is 4.98 Å². The molecule has 0 bridgehead atoms. The molecule has 0 amide bonds. The lowest BCUT2D eigenvalue weighted by atomic mass is 10.2. The van der Waals surface area contributed by atoms with Gasteiger partial charge in [0.25, 0.3) is 0 Å². The molecule has 0 unspecified atom stereocenters. The van der Waals surface area contributed by atoms with Gasteiger partial charge in [-0.15, -0.1) is 11.8 Å². The van der Waals surface area contributed by atoms with Crippen LogP contribution in [-0.4, -0.2) is 11.2 Å². The molecule has 0 fully saturated rings. The largest absolute Gasteiger partial charge is 0.228 e. The summed E-state index contributed by atoms with van der Waals surface area (Å²) in [6.45, 7) is 3.61. The molecule has 13 heavy (non-hydrogen) atoms. The fraction of sp³-hybridized carbons (Fsp3) is 0.100. The maximum atomic E-state index is 12.5. The molecule has 1 heterocycles. The van der Waals surface area contributed by atoms with E-state index in [1.165, 1.54) is 12.3 Å². The van der Waals surface area contributed by atoms with Crippen molar-refractivity contribution in [2.24, 2.45) is 0 Å². The Morgan fingerprint density at radius 3 is 2.85 bits per heavy atom. The number of pyridine rings is 1. The number of hydrogen-bond acceptors (Lipinski definition) is 2. The Bertz CT molecular complexity index is 316. The Morgan fingerprint density at radius 1 is 1.62 bits per heavy atom. The van der Waals surface area contributed by atoms with E-state index in [4.69, 9.17) is 0 Å². The molecule has 1 rings (SSSR count). The van der Waals surface area contributed by atoms with E-state index >= 15 is 0 Å². The smallest absolute Gasteiger partial charge is 0.212 e. The standard InChI is InChI=1S/C10H10FNS/c1-3-4-9(13-2)8-5-6-10(11)12-7-8/h3-7H,1H2,2H3/b9-4-. The summed E-state index contributed by atoms with van der Waals surface area (Å²) >= 11 is 1.58. The van der Waals surface area contributed by atoms with Crippen LogP contribution in [0.5, 0.6) is 0 Å². The SMILES string of the molecule is C=C/C=C(\SC)c1ccc(F)nc1. The molecule has 0 aliphatic heterocycles. The average molecular weight is 195 g/mol. The number of thioether (sulfide) groups is 1. The second-order valence-electron chi connectivity index (χ2n) is 2.34. The zero-order valence-electron chi connectivity index (χ0n) is 7.33. The maximum absolute atomic E-state index is 12.5. The fourth-order valence-corrected chi connectivity index (χ4v) is 1.50. The minimum absolute atomic E-state index is 0.456.